The molecule has 1 fully saturated rings. The molecular formula is C15H23FN4O3. The summed E-state index contributed by atoms with van der Waals surface area (Å²) in [6, 6.07) is 1.61. The van der Waals surface area contributed by atoms with Crippen LogP contribution >= 0.6 is 0 Å². The van der Waals surface area contributed by atoms with Gasteiger partial charge in [-0.1, -0.05) is 0 Å². The molecule has 0 bridgehead atoms. The van der Waals surface area contributed by atoms with Gasteiger partial charge >= 0.3 is 0 Å². The zero-order valence-electron chi connectivity index (χ0n) is 13.5. The Labute approximate surface area is 134 Å². The molecule has 1 aromatic heterocycles. The number of aryl methyl sites for hydroxylation is 1. The number of rotatable bonds is 6. The average Bonchev–Trinajstić information content (AvgIpc) is 3.03. The van der Waals surface area contributed by atoms with Crippen LogP contribution in [-0.2, 0) is 16.1 Å². The van der Waals surface area contributed by atoms with Crippen molar-refractivity contribution in [2.75, 3.05) is 33.4 Å². The molecule has 1 aliphatic heterocycles. The van der Waals surface area contributed by atoms with E-state index >= 15 is 0 Å². The van der Waals surface area contributed by atoms with Crippen LogP contribution in [0.15, 0.2) is 12.3 Å². The quantitative estimate of drug-likeness (QED) is 0.777. The van der Waals surface area contributed by atoms with Crippen molar-refractivity contribution in [1.82, 2.24) is 20.0 Å². The molecule has 2 rings (SSSR count). The number of nitrogens with zero attached hydrogens (tertiary/aromatic N) is 3. The van der Waals surface area contributed by atoms with E-state index in [1.807, 2.05) is 6.92 Å². The monoisotopic (exact) mass is 326 g/mol. The maximum absolute atomic E-state index is 15.0. The lowest BCUT2D eigenvalue weighted by molar-refractivity contribution is -0.136. The molecule has 1 saturated heterocycles. The Morgan fingerprint density at radius 3 is 3.00 bits per heavy atom. The number of nitrogens with one attached hydrogen (secondary N) is 1. The first-order valence-electron chi connectivity index (χ1n) is 7.79. The predicted octanol–water partition coefficient (Wildman–Crippen LogP) is 0.610. The Morgan fingerprint density at radius 1 is 1.52 bits per heavy atom. The zero-order chi connectivity index (χ0) is 16.9. The Balaban J connectivity index is 2.05. The summed E-state index contributed by atoms with van der Waals surface area (Å²) in [6.07, 6.45) is 2.10. The van der Waals surface area contributed by atoms with Crippen LogP contribution in [0.4, 0.5) is 4.39 Å². The molecule has 0 spiro atoms. The Kier molecular flexibility index (Phi) is 5.70. The van der Waals surface area contributed by atoms with Crippen molar-refractivity contribution in [3.05, 3.63) is 18.0 Å². The van der Waals surface area contributed by atoms with Gasteiger partial charge in [0.05, 0.1) is 13.2 Å². The summed E-state index contributed by atoms with van der Waals surface area (Å²) < 4.78 is 21.4. The highest BCUT2D eigenvalue weighted by atomic mass is 19.1. The molecule has 1 atom stereocenters. The standard InChI is InChI=1S/C15H23FN4O3/c1-3-20-12(5-7-18-20)13(21)19-9-4-6-15(16,11-19)14(22)17-8-10-23-2/h5,7H,3-4,6,8-11H2,1-2H3,(H,17,22). The molecule has 2 heterocycles. The molecule has 0 saturated carbocycles. The summed E-state index contributed by atoms with van der Waals surface area (Å²) in [6.45, 7) is 3.20. The molecule has 8 heteroatoms. The number of likely N-dealkylation sites (tertiary alicyclic amines) is 1. The Morgan fingerprint density at radius 2 is 2.30 bits per heavy atom. The smallest absolute Gasteiger partial charge is 0.272 e. The van der Waals surface area contributed by atoms with E-state index in [2.05, 4.69) is 10.4 Å². The second kappa shape index (κ2) is 7.54. The molecule has 0 radical (unpaired) electrons. The highest BCUT2D eigenvalue weighted by molar-refractivity contribution is 5.94. The van der Waals surface area contributed by atoms with Crippen LogP contribution < -0.4 is 5.32 Å². The molecule has 1 aliphatic rings. The fraction of sp³-hybridized carbons (Fsp3) is 0.667. The minimum atomic E-state index is -2.06. The van der Waals surface area contributed by atoms with Gasteiger partial charge in [-0.2, -0.15) is 5.10 Å². The minimum Gasteiger partial charge on any atom is -0.383 e. The fourth-order valence-electron chi connectivity index (χ4n) is 2.72. The minimum absolute atomic E-state index is 0.114. The Hall–Kier alpha value is -1.96. The van der Waals surface area contributed by atoms with Crippen LogP contribution in [0.2, 0.25) is 0 Å². The maximum Gasteiger partial charge on any atom is 0.272 e. The number of alkyl halides is 1. The SMILES string of the molecule is CCn1nccc1C(=O)N1CCCC(F)(C(=O)NCCOC)C1. The van der Waals surface area contributed by atoms with Gasteiger partial charge in [-0.3, -0.25) is 14.3 Å². The largest absolute Gasteiger partial charge is 0.383 e. The number of carbonyl (C=O) groups is 2. The summed E-state index contributed by atoms with van der Waals surface area (Å²) >= 11 is 0. The fourth-order valence-corrected chi connectivity index (χ4v) is 2.72. The summed E-state index contributed by atoms with van der Waals surface area (Å²) in [4.78, 5) is 26.0. The molecule has 1 unspecified atom stereocenters. The molecule has 128 valence electrons. The van der Waals surface area contributed by atoms with Gasteiger partial charge in [0, 0.05) is 32.9 Å². The normalized spacial score (nSPS) is 21.3. The van der Waals surface area contributed by atoms with E-state index in [-0.39, 0.29) is 25.4 Å². The van der Waals surface area contributed by atoms with Gasteiger partial charge in [0.25, 0.3) is 11.8 Å². The van der Waals surface area contributed by atoms with E-state index in [4.69, 9.17) is 4.74 Å². The van der Waals surface area contributed by atoms with Gasteiger partial charge in [-0.05, 0) is 25.8 Å². The van der Waals surface area contributed by atoms with E-state index < -0.39 is 11.6 Å². The number of aromatic nitrogens is 2. The van der Waals surface area contributed by atoms with Crippen LogP contribution in [0, 0.1) is 0 Å². The van der Waals surface area contributed by atoms with Crippen molar-refractivity contribution in [2.45, 2.75) is 32.0 Å². The van der Waals surface area contributed by atoms with Gasteiger partial charge in [0.1, 0.15) is 5.69 Å². The van der Waals surface area contributed by atoms with Crippen molar-refractivity contribution in [2.24, 2.45) is 0 Å². The third-order valence-corrected chi connectivity index (χ3v) is 3.96. The van der Waals surface area contributed by atoms with Crippen LogP contribution in [0.25, 0.3) is 0 Å². The molecule has 1 N–H and O–H groups in total. The van der Waals surface area contributed by atoms with Gasteiger partial charge in [-0.15, -0.1) is 0 Å². The number of hydrogen-bond donors (Lipinski definition) is 1. The van der Waals surface area contributed by atoms with E-state index in [9.17, 15) is 14.0 Å². The van der Waals surface area contributed by atoms with Crippen LogP contribution in [-0.4, -0.2) is 65.5 Å². The highest BCUT2D eigenvalue weighted by Crippen LogP contribution is 2.26. The second-order valence-corrected chi connectivity index (χ2v) is 5.58. The molecule has 7 nitrogen and oxygen atoms in total. The van der Waals surface area contributed by atoms with E-state index in [0.717, 1.165) is 0 Å². The first-order valence-corrected chi connectivity index (χ1v) is 7.79. The summed E-state index contributed by atoms with van der Waals surface area (Å²) in [5.41, 5.74) is -1.64. The number of carbonyl (C=O) groups excluding carboxylic acids is 2. The van der Waals surface area contributed by atoms with Crippen molar-refractivity contribution >= 4 is 11.8 Å². The number of ether oxygens (including phenoxy) is 1. The van der Waals surface area contributed by atoms with Crippen molar-refractivity contribution in [3.63, 3.8) is 0 Å². The predicted molar refractivity (Wildman–Crippen MR) is 81.8 cm³/mol. The lowest BCUT2D eigenvalue weighted by atomic mass is 9.93. The lowest BCUT2D eigenvalue weighted by Gasteiger charge is -2.36. The van der Waals surface area contributed by atoms with Gasteiger partial charge in [0.2, 0.25) is 5.67 Å². The number of methoxy groups -OCH3 is 1. The van der Waals surface area contributed by atoms with Gasteiger partial charge in [-0.25, -0.2) is 4.39 Å². The summed E-state index contributed by atoms with van der Waals surface area (Å²) in [5.74, 6) is -0.980. The van der Waals surface area contributed by atoms with Crippen LogP contribution in [0.1, 0.15) is 30.3 Å². The van der Waals surface area contributed by atoms with Crippen molar-refractivity contribution in [1.29, 1.82) is 0 Å². The maximum atomic E-state index is 15.0. The summed E-state index contributed by atoms with van der Waals surface area (Å²) in [7, 11) is 1.51. The number of hydrogen-bond acceptors (Lipinski definition) is 4. The first kappa shape index (κ1) is 17.4. The molecule has 2 amide bonds. The molecule has 0 aliphatic carbocycles. The average molecular weight is 326 g/mol. The molecule has 1 aromatic rings. The molecule has 23 heavy (non-hydrogen) atoms. The van der Waals surface area contributed by atoms with Gasteiger partial charge < -0.3 is 15.0 Å². The van der Waals surface area contributed by atoms with Crippen molar-refractivity contribution < 1.29 is 18.7 Å². The lowest BCUT2D eigenvalue weighted by Crippen LogP contribution is -2.56. The van der Waals surface area contributed by atoms with Crippen molar-refractivity contribution in [3.8, 4) is 0 Å². The summed E-state index contributed by atoms with van der Waals surface area (Å²) in [5, 5.41) is 6.57. The molecular weight excluding hydrogens is 303 g/mol. The highest BCUT2D eigenvalue weighted by Gasteiger charge is 2.44. The topological polar surface area (TPSA) is 76.5 Å². The Bertz CT molecular complexity index is 563. The zero-order valence-corrected chi connectivity index (χ0v) is 13.5. The number of piperidine rings is 1. The number of halogens is 1. The number of amides is 2. The molecule has 0 aromatic carbocycles. The van der Waals surface area contributed by atoms with Crippen LogP contribution in [0.5, 0.6) is 0 Å². The third kappa shape index (κ3) is 3.87. The third-order valence-electron chi connectivity index (χ3n) is 3.96. The van der Waals surface area contributed by atoms with E-state index in [0.29, 0.717) is 31.8 Å². The second-order valence-electron chi connectivity index (χ2n) is 5.58. The van der Waals surface area contributed by atoms with E-state index in [1.165, 1.54) is 12.0 Å². The van der Waals surface area contributed by atoms with E-state index in [1.54, 1.807) is 16.9 Å². The van der Waals surface area contributed by atoms with Gasteiger partial charge in [0.15, 0.2) is 0 Å². The van der Waals surface area contributed by atoms with Crippen LogP contribution in [0.3, 0.4) is 0 Å². The first-order chi connectivity index (χ1) is 11.0.